The Morgan fingerprint density at radius 2 is 2.19 bits per heavy atom. The van der Waals surface area contributed by atoms with Crippen LogP contribution in [-0.4, -0.2) is 9.78 Å². The molecule has 0 bridgehead atoms. The van der Waals surface area contributed by atoms with E-state index < -0.39 is 0 Å². The molecule has 1 aromatic heterocycles. The fraction of sp³-hybridized carbons (Fsp3) is 0.182. The molecule has 0 radical (unpaired) electrons. The highest BCUT2D eigenvalue weighted by atomic mass is 35.5. The molecule has 0 aliphatic carbocycles. The first-order valence-corrected chi connectivity index (χ1v) is 5.18. The van der Waals surface area contributed by atoms with Crippen LogP contribution in [0, 0.1) is 12.7 Å². The van der Waals surface area contributed by atoms with Crippen molar-refractivity contribution in [2.75, 3.05) is 5.73 Å². The molecule has 0 fully saturated rings. The van der Waals surface area contributed by atoms with Crippen molar-refractivity contribution >= 4 is 17.4 Å². The Kier molecular flexibility index (Phi) is 2.83. The average Bonchev–Trinajstić information content (AvgIpc) is 2.50. The number of nitrogens with zero attached hydrogens (tertiary/aromatic N) is 2. The fourth-order valence-corrected chi connectivity index (χ4v) is 1.73. The van der Waals surface area contributed by atoms with Crippen molar-refractivity contribution in [2.24, 2.45) is 0 Å². The molecule has 0 amide bonds. The second-order valence-electron chi connectivity index (χ2n) is 3.60. The van der Waals surface area contributed by atoms with E-state index >= 15 is 0 Å². The summed E-state index contributed by atoms with van der Waals surface area (Å²) < 4.78 is 14.6. The van der Waals surface area contributed by atoms with E-state index in [2.05, 4.69) is 5.10 Å². The molecule has 0 unspecified atom stereocenters. The Morgan fingerprint density at radius 3 is 2.75 bits per heavy atom. The topological polar surface area (TPSA) is 43.8 Å². The van der Waals surface area contributed by atoms with Gasteiger partial charge in [0.05, 0.1) is 6.54 Å². The van der Waals surface area contributed by atoms with Crippen LogP contribution in [-0.2, 0) is 6.54 Å². The predicted octanol–water partition coefficient (Wildman–Crippen LogP) is 2.61. The summed E-state index contributed by atoms with van der Waals surface area (Å²) in [5, 5.41) is 4.51. The number of hydrogen-bond acceptors (Lipinski definition) is 2. The van der Waals surface area contributed by atoms with Gasteiger partial charge in [0.1, 0.15) is 11.6 Å². The van der Waals surface area contributed by atoms with Crippen molar-refractivity contribution in [3.63, 3.8) is 0 Å². The summed E-state index contributed by atoms with van der Waals surface area (Å²) in [6, 6.07) is 6.09. The van der Waals surface area contributed by atoms with E-state index in [1.165, 1.54) is 12.1 Å². The van der Waals surface area contributed by atoms with Gasteiger partial charge < -0.3 is 5.73 Å². The number of hydrogen-bond donors (Lipinski definition) is 1. The number of aromatic nitrogens is 2. The lowest BCUT2D eigenvalue weighted by Gasteiger charge is -2.06. The van der Waals surface area contributed by atoms with Crippen molar-refractivity contribution in [3.8, 4) is 0 Å². The summed E-state index contributed by atoms with van der Waals surface area (Å²) in [7, 11) is 0. The van der Waals surface area contributed by atoms with E-state index in [0.29, 0.717) is 17.4 Å². The molecule has 0 aliphatic heterocycles. The molecule has 16 heavy (non-hydrogen) atoms. The third kappa shape index (κ3) is 2.17. The Labute approximate surface area is 97.6 Å². The Bertz CT molecular complexity index is 522. The van der Waals surface area contributed by atoms with Crippen molar-refractivity contribution in [3.05, 3.63) is 46.4 Å². The quantitative estimate of drug-likeness (QED) is 0.876. The highest BCUT2D eigenvalue weighted by molar-refractivity contribution is 6.31. The Balaban J connectivity index is 2.30. The van der Waals surface area contributed by atoms with Crippen LogP contribution in [0.5, 0.6) is 0 Å². The highest BCUT2D eigenvalue weighted by Gasteiger charge is 2.06. The highest BCUT2D eigenvalue weighted by Crippen LogP contribution is 2.19. The van der Waals surface area contributed by atoms with Gasteiger partial charge >= 0.3 is 0 Å². The van der Waals surface area contributed by atoms with Crippen LogP contribution in [0.2, 0.25) is 5.02 Å². The number of nitrogens with two attached hydrogens (primary N) is 1. The second-order valence-corrected chi connectivity index (χ2v) is 4.01. The van der Waals surface area contributed by atoms with Gasteiger partial charge in [-0.3, -0.25) is 4.68 Å². The first kappa shape index (κ1) is 11.0. The molecule has 84 valence electrons. The molecular weight excluding hydrogens is 229 g/mol. The summed E-state index contributed by atoms with van der Waals surface area (Å²) in [5.41, 5.74) is 7.33. The smallest absolute Gasteiger partial charge is 0.145 e. The summed E-state index contributed by atoms with van der Waals surface area (Å²) in [5.74, 6) is 0.126. The van der Waals surface area contributed by atoms with Gasteiger partial charge in [0.2, 0.25) is 0 Å². The molecule has 0 spiro atoms. The van der Waals surface area contributed by atoms with Crippen LogP contribution >= 0.6 is 11.6 Å². The van der Waals surface area contributed by atoms with Crippen LogP contribution in [0.25, 0.3) is 0 Å². The Hall–Kier alpha value is -1.55. The van der Waals surface area contributed by atoms with Gasteiger partial charge in [0.25, 0.3) is 0 Å². The SMILES string of the molecule is Cc1cc(N)nn1Cc1ccc(F)cc1Cl. The minimum Gasteiger partial charge on any atom is -0.382 e. The summed E-state index contributed by atoms with van der Waals surface area (Å²) in [4.78, 5) is 0. The van der Waals surface area contributed by atoms with Crippen molar-refractivity contribution in [1.29, 1.82) is 0 Å². The van der Waals surface area contributed by atoms with Gasteiger partial charge in [-0.05, 0) is 24.6 Å². The van der Waals surface area contributed by atoms with Crippen LogP contribution in [0.4, 0.5) is 10.2 Å². The maximum Gasteiger partial charge on any atom is 0.145 e. The zero-order chi connectivity index (χ0) is 11.7. The number of benzene rings is 1. The third-order valence-corrected chi connectivity index (χ3v) is 2.69. The molecule has 3 nitrogen and oxygen atoms in total. The molecule has 0 saturated heterocycles. The van der Waals surface area contributed by atoms with Gasteiger partial charge in [-0.2, -0.15) is 5.10 Å². The first-order valence-electron chi connectivity index (χ1n) is 4.80. The van der Waals surface area contributed by atoms with Crippen LogP contribution < -0.4 is 5.73 Å². The van der Waals surface area contributed by atoms with Gasteiger partial charge in [-0.1, -0.05) is 17.7 Å². The van der Waals surface area contributed by atoms with Gasteiger partial charge in [0.15, 0.2) is 0 Å². The third-order valence-electron chi connectivity index (χ3n) is 2.34. The minimum atomic E-state index is -0.342. The summed E-state index contributed by atoms with van der Waals surface area (Å²) in [6.07, 6.45) is 0. The maximum absolute atomic E-state index is 12.8. The van der Waals surface area contributed by atoms with Crippen LogP contribution in [0.15, 0.2) is 24.3 Å². The minimum absolute atomic E-state index is 0.342. The maximum atomic E-state index is 12.8. The number of nitrogen functional groups attached to an aromatic ring is 1. The molecule has 0 aliphatic rings. The molecular formula is C11H11ClFN3. The zero-order valence-electron chi connectivity index (χ0n) is 8.74. The Morgan fingerprint density at radius 1 is 1.44 bits per heavy atom. The van der Waals surface area contributed by atoms with Crippen molar-refractivity contribution in [1.82, 2.24) is 9.78 Å². The standard InChI is InChI=1S/C11H11ClFN3/c1-7-4-11(14)15-16(7)6-8-2-3-9(13)5-10(8)12/h2-5H,6H2,1H3,(H2,14,15). The molecule has 1 heterocycles. The zero-order valence-corrected chi connectivity index (χ0v) is 9.50. The monoisotopic (exact) mass is 239 g/mol. The van der Waals surface area contributed by atoms with Crippen molar-refractivity contribution < 1.29 is 4.39 Å². The average molecular weight is 240 g/mol. The number of rotatable bonds is 2. The normalized spacial score (nSPS) is 10.7. The van der Waals surface area contributed by atoms with Crippen molar-refractivity contribution in [2.45, 2.75) is 13.5 Å². The summed E-state index contributed by atoms with van der Waals surface area (Å²) in [6.45, 7) is 2.39. The van der Waals surface area contributed by atoms with E-state index in [1.54, 1.807) is 16.8 Å². The van der Waals surface area contributed by atoms with Gasteiger partial charge in [-0.15, -0.1) is 0 Å². The number of halogens is 2. The molecule has 2 aromatic rings. The molecule has 0 atom stereocenters. The molecule has 2 N–H and O–H groups in total. The fourth-order valence-electron chi connectivity index (χ4n) is 1.51. The lowest BCUT2D eigenvalue weighted by Crippen LogP contribution is -2.04. The largest absolute Gasteiger partial charge is 0.382 e. The van der Waals surface area contributed by atoms with E-state index in [4.69, 9.17) is 17.3 Å². The van der Waals surface area contributed by atoms with E-state index in [1.807, 2.05) is 6.92 Å². The van der Waals surface area contributed by atoms with Gasteiger partial charge in [0, 0.05) is 16.8 Å². The molecule has 0 saturated carbocycles. The van der Waals surface area contributed by atoms with Gasteiger partial charge in [-0.25, -0.2) is 4.39 Å². The lowest BCUT2D eigenvalue weighted by atomic mass is 10.2. The number of aryl methyl sites for hydroxylation is 1. The molecule has 2 rings (SSSR count). The van der Waals surface area contributed by atoms with Crippen LogP contribution in [0.3, 0.4) is 0 Å². The lowest BCUT2D eigenvalue weighted by molar-refractivity contribution is 0.623. The van der Waals surface area contributed by atoms with E-state index in [-0.39, 0.29) is 5.82 Å². The second kappa shape index (κ2) is 4.14. The predicted molar refractivity (Wildman–Crippen MR) is 61.9 cm³/mol. The van der Waals surface area contributed by atoms with E-state index in [9.17, 15) is 4.39 Å². The molecule has 1 aromatic carbocycles. The summed E-state index contributed by atoms with van der Waals surface area (Å²) >= 11 is 5.93. The van der Waals surface area contributed by atoms with Crippen LogP contribution in [0.1, 0.15) is 11.3 Å². The van der Waals surface area contributed by atoms with E-state index in [0.717, 1.165) is 11.3 Å². The number of anilines is 1. The molecule has 5 heteroatoms. The first-order chi connectivity index (χ1) is 7.56.